The number of hydrogen-bond acceptors (Lipinski definition) is 6. The van der Waals surface area contributed by atoms with Gasteiger partial charge in [-0.3, -0.25) is 14.9 Å². The third-order valence-corrected chi connectivity index (χ3v) is 6.01. The van der Waals surface area contributed by atoms with Gasteiger partial charge in [-0.25, -0.2) is 12.8 Å². The first-order valence-electron chi connectivity index (χ1n) is 8.87. The largest absolute Gasteiger partial charge is 0.362 e. The van der Waals surface area contributed by atoms with E-state index in [1.807, 2.05) is 0 Å². The van der Waals surface area contributed by atoms with E-state index in [0.29, 0.717) is 43.0 Å². The Labute approximate surface area is 167 Å². The number of nitro groups is 1. The predicted octanol–water partition coefficient (Wildman–Crippen LogP) is 2.41. The van der Waals surface area contributed by atoms with Crippen LogP contribution in [-0.2, 0) is 9.84 Å². The Morgan fingerprint density at radius 3 is 2.31 bits per heavy atom. The number of amides is 1. The third-order valence-electron chi connectivity index (χ3n) is 4.90. The molecule has 0 spiro atoms. The van der Waals surface area contributed by atoms with Crippen LogP contribution >= 0.6 is 0 Å². The van der Waals surface area contributed by atoms with Crippen molar-refractivity contribution in [1.29, 1.82) is 0 Å². The topological polar surface area (TPSA) is 101 Å². The van der Waals surface area contributed by atoms with Gasteiger partial charge in [0.25, 0.3) is 11.6 Å². The maximum absolute atomic E-state index is 13.3. The van der Waals surface area contributed by atoms with E-state index in [1.54, 1.807) is 16.7 Å². The van der Waals surface area contributed by atoms with Gasteiger partial charge >= 0.3 is 0 Å². The standard InChI is InChI=1S/C19H20FN3O5S/c1-13-11-14(20)3-5-16(13)19(24)22-9-7-21(8-10-22)17-6-4-15(29(2,27)28)12-18(17)23(25)26/h3-6,11-12H,7-10H2,1-2H3. The number of hydrogen-bond donors (Lipinski definition) is 0. The monoisotopic (exact) mass is 421 g/mol. The normalized spacial score (nSPS) is 14.7. The highest BCUT2D eigenvalue weighted by atomic mass is 32.2. The maximum Gasteiger partial charge on any atom is 0.293 e. The Kier molecular flexibility index (Phi) is 5.56. The van der Waals surface area contributed by atoms with Gasteiger partial charge in [-0.15, -0.1) is 0 Å². The van der Waals surface area contributed by atoms with Crippen molar-refractivity contribution < 1.29 is 22.5 Å². The molecule has 0 N–H and O–H groups in total. The van der Waals surface area contributed by atoms with Crippen LogP contribution in [0.15, 0.2) is 41.3 Å². The minimum absolute atomic E-state index is 0.117. The molecule has 0 aromatic heterocycles. The number of nitrogens with zero attached hydrogens (tertiary/aromatic N) is 3. The van der Waals surface area contributed by atoms with Gasteiger partial charge < -0.3 is 9.80 Å². The van der Waals surface area contributed by atoms with Gasteiger partial charge in [-0.2, -0.15) is 0 Å². The van der Waals surface area contributed by atoms with Crippen LogP contribution in [0.25, 0.3) is 0 Å². The minimum Gasteiger partial charge on any atom is -0.362 e. The summed E-state index contributed by atoms with van der Waals surface area (Å²) in [5, 5.41) is 11.5. The first kappa shape index (κ1) is 20.7. The van der Waals surface area contributed by atoms with Crippen molar-refractivity contribution in [3.05, 3.63) is 63.5 Å². The fourth-order valence-corrected chi connectivity index (χ4v) is 3.98. The Morgan fingerprint density at radius 1 is 1.10 bits per heavy atom. The number of sulfone groups is 1. The average molecular weight is 421 g/mol. The van der Waals surface area contributed by atoms with Gasteiger partial charge in [0.05, 0.1) is 9.82 Å². The molecule has 0 radical (unpaired) electrons. The summed E-state index contributed by atoms with van der Waals surface area (Å²) < 4.78 is 36.7. The quantitative estimate of drug-likeness (QED) is 0.555. The molecule has 1 heterocycles. The first-order chi connectivity index (χ1) is 13.6. The summed E-state index contributed by atoms with van der Waals surface area (Å²) >= 11 is 0. The van der Waals surface area contributed by atoms with E-state index in [-0.39, 0.29) is 16.5 Å². The van der Waals surface area contributed by atoms with Crippen LogP contribution in [0.2, 0.25) is 0 Å². The highest BCUT2D eigenvalue weighted by Crippen LogP contribution is 2.31. The molecule has 3 rings (SSSR count). The maximum atomic E-state index is 13.3. The summed E-state index contributed by atoms with van der Waals surface area (Å²) in [7, 11) is -3.57. The number of benzene rings is 2. The van der Waals surface area contributed by atoms with E-state index in [0.717, 1.165) is 12.3 Å². The summed E-state index contributed by atoms with van der Waals surface area (Å²) in [5.41, 5.74) is 0.988. The van der Waals surface area contributed by atoms with Crippen molar-refractivity contribution in [3.8, 4) is 0 Å². The molecule has 0 aliphatic carbocycles. The number of carbonyl (C=O) groups excluding carboxylic acids is 1. The number of anilines is 1. The van der Waals surface area contributed by atoms with Crippen LogP contribution in [0.4, 0.5) is 15.8 Å². The SMILES string of the molecule is Cc1cc(F)ccc1C(=O)N1CCN(c2ccc(S(C)(=O)=O)cc2[N+](=O)[O-])CC1. The van der Waals surface area contributed by atoms with E-state index < -0.39 is 20.6 Å². The van der Waals surface area contributed by atoms with Crippen LogP contribution in [0.1, 0.15) is 15.9 Å². The molecule has 1 amide bonds. The molecule has 0 bridgehead atoms. The lowest BCUT2D eigenvalue weighted by Crippen LogP contribution is -2.49. The second-order valence-corrected chi connectivity index (χ2v) is 8.93. The molecular formula is C19H20FN3O5S. The van der Waals surface area contributed by atoms with Crippen molar-refractivity contribution in [2.75, 3.05) is 37.3 Å². The van der Waals surface area contributed by atoms with Crippen molar-refractivity contribution >= 4 is 27.1 Å². The second-order valence-electron chi connectivity index (χ2n) is 6.92. The summed E-state index contributed by atoms with van der Waals surface area (Å²) in [6.45, 7) is 3.04. The number of piperazine rings is 1. The van der Waals surface area contributed by atoms with Gasteiger partial charge in [0.1, 0.15) is 11.5 Å². The van der Waals surface area contributed by atoms with Crippen LogP contribution in [-0.4, -0.2) is 56.6 Å². The van der Waals surface area contributed by atoms with Crippen molar-refractivity contribution in [2.45, 2.75) is 11.8 Å². The molecule has 8 nitrogen and oxygen atoms in total. The number of aryl methyl sites for hydroxylation is 1. The molecule has 29 heavy (non-hydrogen) atoms. The van der Waals surface area contributed by atoms with Crippen LogP contribution in [0.5, 0.6) is 0 Å². The second kappa shape index (κ2) is 7.78. The van der Waals surface area contributed by atoms with E-state index >= 15 is 0 Å². The number of rotatable bonds is 4. The van der Waals surface area contributed by atoms with E-state index in [1.165, 1.54) is 30.3 Å². The van der Waals surface area contributed by atoms with Gasteiger partial charge in [0.2, 0.25) is 0 Å². The third kappa shape index (κ3) is 4.37. The Bertz CT molecular complexity index is 1080. The molecule has 0 atom stereocenters. The molecule has 2 aromatic rings. The van der Waals surface area contributed by atoms with Crippen LogP contribution in [0, 0.1) is 22.9 Å². The molecule has 1 aliphatic heterocycles. The summed E-state index contributed by atoms with van der Waals surface area (Å²) in [6, 6.07) is 7.82. The lowest BCUT2D eigenvalue weighted by molar-refractivity contribution is -0.384. The fourth-order valence-electron chi connectivity index (χ4n) is 3.34. The Morgan fingerprint density at radius 2 is 1.76 bits per heavy atom. The zero-order valence-electron chi connectivity index (χ0n) is 16.0. The number of carbonyl (C=O) groups is 1. The molecular weight excluding hydrogens is 401 g/mol. The average Bonchev–Trinajstić information content (AvgIpc) is 2.66. The van der Waals surface area contributed by atoms with E-state index in [4.69, 9.17) is 0 Å². The fraction of sp³-hybridized carbons (Fsp3) is 0.316. The van der Waals surface area contributed by atoms with Crippen molar-refractivity contribution in [3.63, 3.8) is 0 Å². The van der Waals surface area contributed by atoms with Crippen molar-refractivity contribution in [1.82, 2.24) is 4.90 Å². The Hall–Kier alpha value is -3.01. The van der Waals surface area contributed by atoms with Crippen LogP contribution < -0.4 is 4.90 Å². The van der Waals surface area contributed by atoms with E-state index in [9.17, 15) is 27.7 Å². The minimum atomic E-state index is -3.57. The highest BCUT2D eigenvalue weighted by Gasteiger charge is 2.28. The Balaban J connectivity index is 1.78. The smallest absolute Gasteiger partial charge is 0.293 e. The van der Waals surface area contributed by atoms with E-state index in [2.05, 4.69) is 0 Å². The molecule has 1 saturated heterocycles. The zero-order chi connectivity index (χ0) is 21.3. The van der Waals surface area contributed by atoms with Crippen LogP contribution in [0.3, 0.4) is 0 Å². The molecule has 0 unspecified atom stereocenters. The molecule has 2 aromatic carbocycles. The zero-order valence-corrected chi connectivity index (χ0v) is 16.8. The number of halogens is 1. The summed E-state index contributed by atoms with van der Waals surface area (Å²) in [4.78, 5) is 26.8. The molecule has 0 saturated carbocycles. The van der Waals surface area contributed by atoms with Gasteiger partial charge in [-0.05, 0) is 42.8 Å². The summed E-state index contributed by atoms with van der Waals surface area (Å²) in [6.07, 6.45) is 0.994. The predicted molar refractivity (Wildman–Crippen MR) is 105 cm³/mol. The van der Waals surface area contributed by atoms with Gasteiger partial charge in [0.15, 0.2) is 9.84 Å². The molecule has 1 fully saturated rings. The number of nitro benzene ring substituents is 1. The summed E-state index contributed by atoms with van der Waals surface area (Å²) in [5.74, 6) is -0.627. The lowest BCUT2D eigenvalue weighted by Gasteiger charge is -2.36. The first-order valence-corrected chi connectivity index (χ1v) is 10.8. The molecule has 10 heteroatoms. The lowest BCUT2D eigenvalue weighted by atomic mass is 10.1. The van der Waals surface area contributed by atoms with Crippen molar-refractivity contribution in [2.24, 2.45) is 0 Å². The molecule has 154 valence electrons. The highest BCUT2D eigenvalue weighted by molar-refractivity contribution is 7.90. The van der Waals surface area contributed by atoms with Gasteiger partial charge in [0, 0.05) is 44.1 Å². The van der Waals surface area contributed by atoms with Gasteiger partial charge in [-0.1, -0.05) is 0 Å². The molecule has 1 aliphatic rings.